The number of halogens is 2. The molecule has 0 unspecified atom stereocenters. The molecule has 0 amide bonds. The third-order valence-electron chi connectivity index (χ3n) is 1.18. The second-order valence-corrected chi connectivity index (χ2v) is 1.94. The first-order chi connectivity index (χ1) is 4.30. The maximum atomic E-state index is 5.39. The Labute approximate surface area is 78.8 Å². The topological polar surface area (TPSA) is 52.0 Å². The maximum absolute atomic E-state index is 5.39. The van der Waals surface area contributed by atoms with Gasteiger partial charge in [-0.25, -0.2) is 0 Å². The summed E-state index contributed by atoms with van der Waals surface area (Å²) < 4.78 is 0. The summed E-state index contributed by atoms with van der Waals surface area (Å²) in [6.45, 7) is 0. The molecule has 64 valence electrons. The molecule has 0 saturated carbocycles. The highest BCUT2D eigenvalue weighted by Gasteiger charge is 1.93. The summed E-state index contributed by atoms with van der Waals surface area (Å²) in [5, 5.41) is 0. The quantitative estimate of drug-likeness (QED) is 0.666. The normalized spacial score (nSPS) is 8.27. The smallest absolute Gasteiger partial charge is 0.0784 e. The molecule has 0 radical (unpaired) electrons. The van der Waals surface area contributed by atoms with Gasteiger partial charge < -0.3 is 11.5 Å². The van der Waals surface area contributed by atoms with Crippen molar-refractivity contribution < 1.29 is 0 Å². The van der Waals surface area contributed by atoms with Crippen molar-refractivity contribution in [3.05, 3.63) is 35.9 Å². The van der Waals surface area contributed by atoms with Gasteiger partial charge in [-0.05, 0) is 5.56 Å². The fourth-order valence-electron chi connectivity index (χ4n) is 0.675. The highest BCUT2D eigenvalue weighted by molar-refractivity contribution is 5.85. The zero-order chi connectivity index (χ0) is 6.69. The van der Waals surface area contributed by atoms with Crippen LogP contribution in [-0.4, -0.2) is 0 Å². The van der Waals surface area contributed by atoms with Crippen molar-refractivity contribution >= 4 is 24.8 Å². The summed E-state index contributed by atoms with van der Waals surface area (Å²) in [7, 11) is 0. The summed E-state index contributed by atoms with van der Waals surface area (Å²) in [4.78, 5) is 0. The first-order valence-corrected chi connectivity index (χ1v) is 2.87. The highest BCUT2D eigenvalue weighted by Crippen LogP contribution is 2.01. The number of benzene rings is 1. The van der Waals surface area contributed by atoms with E-state index >= 15 is 0 Å². The molecular weight excluding hydrogens is 183 g/mol. The van der Waals surface area contributed by atoms with Gasteiger partial charge in [-0.1, -0.05) is 30.3 Å². The predicted molar refractivity (Wildman–Crippen MR) is 52.1 cm³/mol. The molecule has 0 aliphatic carbocycles. The van der Waals surface area contributed by atoms with Crippen LogP contribution in [-0.2, 0) is 0 Å². The third kappa shape index (κ3) is 4.22. The van der Waals surface area contributed by atoms with Crippen LogP contribution in [0.2, 0.25) is 0 Å². The van der Waals surface area contributed by atoms with Gasteiger partial charge in [0.25, 0.3) is 0 Å². The molecule has 0 aliphatic heterocycles. The standard InChI is InChI=1S/C7H10N2.2ClH/c8-7(9)6-4-2-1-3-5-6;;/h1-5,7H,8-9H2;2*1H. The summed E-state index contributed by atoms with van der Waals surface area (Å²) in [6.07, 6.45) is -0.341. The van der Waals surface area contributed by atoms with E-state index in [0.29, 0.717) is 0 Å². The van der Waals surface area contributed by atoms with Crippen LogP contribution >= 0.6 is 24.8 Å². The Balaban J connectivity index is 0. The van der Waals surface area contributed by atoms with E-state index in [1.807, 2.05) is 30.3 Å². The molecule has 0 saturated heterocycles. The van der Waals surface area contributed by atoms with Crippen LogP contribution in [0.4, 0.5) is 0 Å². The Hall–Kier alpha value is -0.280. The second-order valence-electron chi connectivity index (χ2n) is 1.94. The largest absolute Gasteiger partial charge is 0.312 e. The van der Waals surface area contributed by atoms with Gasteiger partial charge in [0.05, 0.1) is 6.17 Å². The monoisotopic (exact) mass is 194 g/mol. The van der Waals surface area contributed by atoms with Crippen molar-refractivity contribution in [3.8, 4) is 0 Å². The van der Waals surface area contributed by atoms with Crippen molar-refractivity contribution in [2.45, 2.75) is 6.17 Å². The van der Waals surface area contributed by atoms with E-state index in [0.717, 1.165) is 5.56 Å². The van der Waals surface area contributed by atoms with E-state index < -0.39 is 0 Å². The molecule has 1 rings (SSSR count). The second kappa shape index (κ2) is 6.43. The molecule has 1 aromatic rings. The molecule has 0 spiro atoms. The minimum atomic E-state index is -0.341. The van der Waals surface area contributed by atoms with Crippen LogP contribution in [0.3, 0.4) is 0 Å². The van der Waals surface area contributed by atoms with Crippen LogP contribution in [0.1, 0.15) is 11.7 Å². The average Bonchev–Trinajstić information content (AvgIpc) is 1.90. The fraction of sp³-hybridized carbons (Fsp3) is 0.143. The summed E-state index contributed by atoms with van der Waals surface area (Å²) in [6, 6.07) is 9.59. The van der Waals surface area contributed by atoms with E-state index in [2.05, 4.69) is 0 Å². The van der Waals surface area contributed by atoms with Gasteiger partial charge in [0.2, 0.25) is 0 Å². The summed E-state index contributed by atoms with van der Waals surface area (Å²) in [5.74, 6) is 0. The van der Waals surface area contributed by atoms with E-state index in [-0.39, 0.29) is 31.0 Å². The van der Waals surface area contributed by atoms with Gasteiger partial charge in [0.15, 0.2) is 0 Å². The molecule has 4 heteroatoms. The average molecular weight is 195 g/mol. The minimum Gasteiger partial charge on any atom is -0.312 e. The van der Waals surface area contributed by atoms with Crippen LogP contribution < -0.4 is 11.5 Å². The Kier molecular flexibility index (Phi) is 7.79. The number of hydrogen-bond donors (Lipinski definition) is 2. The van der Waals surface area contributed by atoms with Crippen LogP contribution in [0, 0.1) is 0 Å². The fourth-order valence-corrected chi connectivity index (χ4v) is 0.675. The molecular formula is C7H12Cl2N2. The molecule has 0 aliphatic rings. The lowest BCUT2D eigenvalue weighted by Gasteiger charge is -2.02. The number of rotatable bonds is 1. The predicted octanol–water partition coefficient (Wildman–Crippen LogP) is 1.45. The molecule has 0 bridgehead atoms. The SMILES string of the molecule is Cl.Cl.NC(N)c1ccccc1. The van der Waals surface area contributed by atoms with Crippen molar-refractivity contribution in [3.63, 3.8) is 0 Å². The van der Waals surface area contributed by atoms with E-state index in [1.165, 1.54) is 0 Å². The molecule has 11 heavy (non-hydrogen) atoms. The van der Waals surface area contributed by atoms with Crippen LogP contribution in [0.5, 0.6) is 0 Å². The van der Waals surface area contributed by atoms with Crippen molar-refractivity contribution in [1.82, 2.24) is 0 Å². The van der Waals surface area contributed by atoms with Gasteiger partial charge in [-0.3, -0.25) is 0 Å². The van der Waals surface area contributed by atoms with E-state index in [1.54, 1.807) is 0 Å². The van der Waals surface area contributed by atoms with Crippen LogP contribution in [0.15, 0.2) is 30.3 Å². The Morgan fingerprint density at radius 1 is 0.909 bits per heavy atom. The molecule has 0 atom stereocenters. The lowest BCUT2D eigenvalue weighted by molar-refractivity contribution is 0.774. The Morgan fingerprint density at radius 2 is 1.36 bits per heavy atom. The van der Waals surface area contributed by atoms with Crippen molar-refractivity contribution in [2.75, 3.05) is 0 Å². The van der Waals surface area contributed by atoms with Gasteiger partial charge >= 0.3 is 0 Å². The van der Waals surface area contributed by atoms with Crippen molar-refractivity contribution in [1.29, 1.82) is 0 Å². The van der Waals surface area contributed by atoms with E-state index in [4.69, 9.17) is 11.5 Å². The zero-order valence-corrected chi connectivity index (χ0v) is 7.57. The van der Waals surface area contributed by atoms with E-state index in [9.17, 15) is 0 Å². The first kappa shape index (κ1) is 13.3. The van der Waals surface area contributed by atoms with Gasteiger partial charge in [0, 0.05) is 0 Å². The Bertz CT molecular complexity index is 177. The molecule has 1 aromatic carbocycles. The molecule has 0 heterocycles. The zero-order valence-electron chi connectivity index (χ0n) is 5.94. The van der Waals surface area contributed by atoms with Crippen molar-refractivity contribution in [2.24, 2.45) is 11.5 Å². The minimum absolute atomic E-state index is 0. The summed E-state index contributed by atoms with van der Waals surface area (Å²) in [5.41, 5.74) is 11.8. The first-order valence-electron chi connectivity index (χ1n) is 2.87. The number of nitrogens with two attached hydrogens (primary N) is 2. The Morgan fingerprint density at radius 3 is 1.64 bits per heavy atom. The highest BCUT2D eigenvalue weighted by atomic mass is 35.5. The van der Waals surface area contributed by atoms with Crippen LogP contribution in [0.25, 0.3) is 0 Å². The lowest BCUT2D eigenvalue weighted by atomic mass is 10.2. The third-order valence-corrected chi connectivity index (χ3v) is 1.18. The number of hydrogen-bond acceptors (Lipinski definition) is 2. The molecule has 0 aromatic heterocycles. The molecule has 2 nitrogen and oxygen atoms in total. The van der Waals surface area contributed by atoms with Gasteiger partial charge in [-0.2, -0.15) is 0 Å². The summed E-state index contributed by atoms with van der Waals surface area (Å²) >= 11 is 0. The van der Waals surface area contributed by atoms with Gasteiger partial charge in [0.1, 0.15) is 0 Å². The molecule has 4 N–H and O–H groups in total. The van der Waals surface area contributed by atoms with Gasteiger partial charge in [-0.15, -0.1) is 24.8 Å². The lowest BCUT2D eigenvalue weighted by Crippen LogP contribution is -2.19. The maximum Gasteiger partial charge on any atom is 0.0784 e. The molecule has 0 fully saturated rings.